The molecule has 0 aliphatic rings. The van der Waals surface area contributed by atoms with E-state index in [1.807, 2.05) is 25.2 Å². The van der Waals surface area contributed by atoms with Crippen LogP contribution in [0.4, 0.5) is 0 Å². The quantitative estimate of drug-likeness (QED) is 0.860. The van der Waals surface area contributed by atoms with Gasteiger partial charge in [0.25, 0.3) is 0 Å². The van der Waals surface area contributed by atoms with Crippen molar-refractivity contribution in [2.24, 2.45) is 5.92 Å². The smallest absolute Gasteiger partial charge is 0.126 e. The number of hydrogen-bond acceptors (Lipinski definition) is 2. The summed E-state index contributed by atoms with van der Waals surface area (Å²) in [6, 6.07) is 17.4. The molecule has 0 aromatic heterocycles. The molecule has 0 heterocycles. The number of likely N-dealkylation sites (N-methyl/N-ethyl adjacent to an activating group) is 1. The van der Waals surface area contributed by atoms with Crippen LogP contribution in [0, 0.1) is 5.92 Å². The molecule has 0 fully saturated rings. The number of rotatable bonds is 6. The predicted molar refractivity (Wildman–Crippen MR) is 89.8 cm³/mol. The Morgan fingerprint density at radius 2 is 1.67 bits per heavy atom. The largest absolute Gasteiger partial charge is 0.496 e. The molecule has 1 atom stereocenters. The summed E-state index contributed by atoms with van der Waals surface area (Å²) >= 11 is 0. The highest BCUT2D eigenvalue weighted by Crippen LogP contribution is 2.29. The topological polar surface area (TPSA) is 21.3 Å². The van der Waals surface area contributed by atoms with Crippen LogP contribution >= 0.6 is 0 Å². The lowest BCUT2D eigenvalue weighted by Crippen LogP contribution is -2.32. The fraction of sp³-hybridized carbons (Fsp3) is 0.368. The van der Waals surface area contributed by atoms with Crippen molar-refractivity contribution in [2.45, 2.75) is 26.3 Å². The molecule has 21 heavy (non-hydrogen) atoms. The molecule has 2 rings (SSSR count). The summed E-state index contributed by atoms with van der Waals surface area (Å²) in [6.07, 6.45) is 1.06. The maximum Gasteiger partial charge on any atom is 0.126 e. The zero-order valence-corrected chi connectivity index (χ0v) is 13.4. The van der Waals surface area contributed by atoms with E-state index in [0.717, 1.165) is 17.7 Å². The summed E-state index contributed by atoms with van der Waals surface area (Å²) < 4.78 is 5.43. The molecule has 1 N–H and O–H groups in total. The lowest BCUT2D eigenvalue weighted by molar-refractivity contribution is 0.416. The van der Waals surface area contributed by atoms with Gasteiger partial charge in [0.2, 0.25) is 0 Å². The second-order valence-corrected chi connectivity index (χ2v) is 5.74. The summed E-state index contributed by atoms with van der Waals surface area (Å²) in [5.41, 5.74) is 3.70. The van der Waals surface area contributed by atoms with Gasteiger partial charge in [-0.25, -0.2) is 0 Å². The van der Waals surface area contributed by atoms with Gasteiger partial charge in [-0.3, -0.25) is 0 Å². The molecular formula is C19H25NO. The molecule has 112 valence electrons. The van der Waals surface area contributed by atoms with Crippen molar-refractivity contribution in [3.63, 3.8) is 0 Å². The van der Waals surface area contributed by atoms with Crippen molar-refractivity contribution in [3.05, 3.63) is 54.1 Å². The first kappa shape index (κ1) is 15.6. The van der Waals surface area contributed by atoms with Crippen LogP contribution in [-0.2, 0) is 6.42 Å². The van der Waals surface area contributed by atoms with Gasteiger partial charge in [-0.1, -0.05) is 56.3 Å². The average Bonchev–Trinajstić information content (AvgIpc) is 2.52. The minimum absolute atomic E-state index is 0.516. The van der Waals surface area contributed by atoms with Crippen LogP contribution < -0.4 is 10.1 Å². The molecule has 2 nitrogen and oxygen atoms in total. The predicted octanol–water partition coefficient (Wildman–Crippen LogP) is 4.15. The molecule has 0 radical (unpaired) electrons. The molecule has 0 bridgehead atoms. The van der Waals surface area contributed by atoms with Crippen LogP contribution in [0.5, 0.6) is 5.75 Å². The third-order valence-electron chi connectivity index (χ3n) is 4.00. The van der Waals surface area contributed by atoms with Crippen molar-refractivity contribution in [2.75, 3.05) is 14.2 Å². The Balaban J connectivity index is 2.19. The number of benzene rings is 2. The van der Waals surface area contributed by atoms with E-state index in [-0.39, 0.29) is 0 Å². The first-order valence-electron chi connectivity index (χ1n) is 7.55. The van der Waals surface area contributed by atoms with Crippen LogP contribution in [0.15, 0.2) is 48.5 Å². The number of ether oxygens (including phenoxy) is 1. The first-order chi connectivity index (χ1) is 10.2. The molecule has 2 aromatic carbocycles. The van der Waals surface area contributed by atoms with Gasteiger partial charge in [0.15, 0.2) is 0 Å². The average molecular weight is 283 g/mol. The van der Waals surface area contributed by atoms with Gasteiger partial charge in [-0.05, 0) is 36.6 Å². The van der Waals surface area contributed by atoms with E-state index in [4.69, 9.17) is 4.74 Å². The Hall–Kier alpha value is -1.80. The fourth-order valence-electron chi connectivity index (χ4n) is 2.63. The van der Waals surface area contributed by atoms with E-state index < -0.39 is 0 Å². The van der Waals surface area contributed by atoms with Gasteiger partial charge in [-0.2, -0.15) is 0 Å². The van der Waals surface area contributed by atoms with Crippen LogP contribution in [0.25, 0.3) is 11.1 Å². The summed E-state index contributed by atoms with van der Waals surface area (Å²) in [7, 11) is 3.75. The Labute approximate surface area is 128 Å². The SMILES string of the molecule is CNC(Cc1ccc(-c2ccccc2OC)cc1)C(C)C. The second-order valence-electron chi connectivity index (χ2n) is 5.74. The normalized spacial score (nSPS) is 12.4. The molecule has 0 aliphatic heterocycles. The van der Waals surface area contributed by atoms with Crippen LogP contribution in [0.1, 0.15) is 19.4 Å². The zero-order valence-electron chi connectivity index (χ0n) is 13.4. The lowest BCUT2D eigenvalue weighted by atomic mass is 9.95. The lowest BCUT2D eigenvalue weighted by Gasteiger charge is -2.20. The van der Waals surface area contributed by atoms with Crippen molar-refractivity contribution in [1.82, 2.24) is 5.32 Å². The van der Waals surface area contributed by atoms with E-state index in [1.165, 1.54) is 11.1 Å². The number of hydrogen-bond donors (Lipinski definition) is 1. The Morgan fingerprint density at radius 1 is 1.00 bits per heavy atom. The van der Waals surface area contributed by atoms with Crippen molar-refractivity contribution < 1.29 is 4.74 Å². The number of nitrogens with one attached hydrogen (secondary N) is 1. The standard InChI is InChI=1S/C19H25NO/c1-14(2)18(20-3)13-15-9-11-16(12-10-15)17-7-5-6-8-19(17)21-4/h5-12,14,18,20H,13H2,1-4H3. The Bertz CT molecular complexity index is 560. The van der Waals surface area contributed by atoms with Crippen molar-refractivity contribution in [1.29, 1.82) is 0 Å². The molecule has 0 amide bonds. The van der Waals surface area contributed by atoms with Crippen molar-refractivity contribution >= 4 is 0 Å². The summed E-state index contributed by atoms with van der Waals surface area (Å²) in [5.74, 6) is 1.55. The molecule has 2 aromatic rings. The van der Waals surface area contributed by atoms with E-state index in [0.29, 0.717) is 12.0 Å². The number of methoxy groups -OCH3 is 1. The maximum atomic E-state index is 5.43. The third-order valence-corrected chi connectivity index (χ3v) is 4.00. The van der Waals surface area contributed by atoms with Gasteiger partial charge in [-0.15, -0.1) is 0 Å². The fourth-order valence-corrected chi connectivity index (χ4v) is 2.63. The summed E-state index contributed by atoms with van der Waals surface area (Å²) in [4.78, 5) is 0. The molecule has 0 saturated carbocycles. The molecule has 0 saturated heterocycles. The molecule has 1 unspecified atom stereocenters. The van der Waals surface area contributed by atoms with E-state index >= 15 is 0 Å². The van der Waals surface area contributed by atoms with Gasteiger partial charge >= 0.3 is 0 Å². The molecular weight excluding hydrogens is 258 g/mol. The van der Waals surface area contributed by atoms with E-state index in [9.17, 15) is 0 Å². The van der Waals surface area contributed by atoms with E-state index in [1.54, 1.807) is 7.11 Å². The Kier molecular flexibility index (Phi) is 5.40. The third kappa shape index (κ3) is 3.85. The van der Waals surface area contributed by atoms with Gasteiger partial charge in [0.1, 0.15) is 5.75 Å². The van der Waals surface area contributed by atoms with Gasteiger partial charge in [0.05, 0.1) is 7.11 Å². The highest BCUT2D eigenvalue weighted by atomic mass is 16.5. The van der Waals surface area contributed by atoms with Crippen LogP contribution in [0.3, 0.4) is 0 Å². The maximum absolute atomic E-state index is 5.43. The molecule has 0 spiro atoms. The van der Waals surface area contributed by atoms with Crippen molar-refractivity contribution in [3.8, 4) is 16.9 Å². The summed E-state index contributed by atoms with van der Waals surface area (Å²) in [5, 5.41) is 3.39. The second kappa shape index (κ2) is 7.28. The van der Waals surface area contributed by atoms with Crippen LogP contribution in [-0.4, -0.2) is 20.2 Å². The van der Waals surface area contributed by atoms with Gasteiger partial charge < -0.3 is 10.1 Å². The first-order valence-corrected chi connectivity index (χ1v) is 7.55. The summed E-state index contributed by atoms with van der Waals surface area (Å²) in [6.45, 7) is 4.51. The minimum Gasteiger partial charge on any atom is -0.496 e. The minimum atomic E-state index is 0.516. The Morgan fingerprint density at radius 3 is 2.24 bits per heavy atom. The zero-order chi connectivity index (χ0) is 15.2. The molecule has 2 heteroatoms. The van der Waals surface area contributed by atoms with Gasteiger partial charge in [0, 0.05) is 11.6 Å². The molecule has 0 aliphatic carbocycles. The van der Waals surface area contributed by atoms with E-state index in [2.05, 4.69) is 49.5 Å². The highest BCUT2D eigenvalue weighted by Gasteiger charge is 2.12. The van der Waals surface area contributed by atoms with Crippen LogP contribution in [0.2, 0.25) is 0 Å². The highest BCUT2D eigenvalue weighted by molar-refractivity contribution is 5.70. The monoisotopic (exact) mass is 283 g/mol. The number of para-hydroxylation sites is 1.